The molecule has 1 aliphatic carbocycles. The first-order valence-corrected chi connectivity index (χ1v) is 8.12. The third-order valence-corrected chi connectivity index (χ3v) is 4.38. The van der Waals surface area contributed by atoms with Crippen LogP contribution in [0.4, 0.5) is 0 Å². The van der Waals surface area contributed by atoms with E-state index in [0.717, 1.165) is 12.1 Å². The maximum absolute atomic E-state index is 10.7. The number of aromatic nitrogens is 2. The van der Waals surface area contributed by atoms with Gasteiger partial charge in [-0.25, -0.2) is 0 Å². The Kier molecular flexibility index (Phi) is 6.21. The van der Waals surface area contributed by atoms with Gasteiger partial charge in [-0.1, -0.05) is 19.3 Å². The van der Waals surface area contributed by atoms with Crippen LogP contribution in [0.5, 0.6) is 0 Å². The van der Waals surface area contributed by atoms with E-state index in [2.05, 4.69) is 16.0 Å². The molecule has 0 amide bonds. The van der Waals surface area contributed by atoms with Gasteiger partial charge in [0.05, 0.1) is 23.9 Å². The Morgan fingerprint density at radius 2 is 2.19 bits per heavy atom. The summed E-state index contributed by atoms with van der Waals surface area (Å²) >= 11 is 0. The van der Waals surface area contributed by atoms with Gasteiger partial charge in [0.1, 0.15) is 0 Å². The van der Waals surface area contributed by atoms with E-state index < -0.39 is 5.60 Å². The largest absolute Gasteiger partial charge is 0.387 e. The van der Waals surface area contributed by atoms with Crippen molar-refractivity contribution < 1.29 is 9.84 Å². The van der Waals surface area contributed by atoms with Crippen LogP contribution in [0.1, 0.15) is 56.7 Å². The van der Waals surface area contributed by atoms with Gasteiger partial charge in [0.2, 0.25) is 0 Å². The molecule has 1 atom stereocenters. The van der Waals surface area contributed by atoms with E-state index in [0.29, 0.717) is 32.0 Å². The summed E-state index contributed by atoms with van der Waals surface area (Å²) in [5, 5.41) is 15.4. The summed E-state index contributed by atoms with van der Waals surface area (Å²) in [6.45, 7) is 0.909. The monoisotopic (exact) mass is 295 g/mol. The number of aliphatic hydroxyl groups is 1. The van der Waals surface area contributed by atoms with Crippen LogP contribution >= 0.6 is 0 Å². The van der Waals surface area contributed by atoms with Crippen LogP contribution in [0.15, 0.2) is 12.3 Å². The molecule has 5 heteroatoms. The second kappa shape index (κ2) is 7.92. The van der Waals surface area contributed by atoms with E-state index in [9.17, 15) is 5.11 Å². The van der Waals surface area contributed by atoms with Gasteiger partial charge in [0, 0.05) is 19.7 Å². The molecule has 1 aromatic heterocycles. The van der Waals surface area contributed by atoms with Crippen LogP contribution in [-0.2, 0) is 11.2 Å². The van der Waals surface area contributed by atoms with Gasteiger partial charge in [0.15, 0.2) is 0 Å². The summed E-state index contributed by atoms with van der Waals surface area (Å²) < 4.78 is 7.26. The summed E-state index contributed by atoms with van der Waals surface area (Å²) in [7, 11) is 1.62. The molecule has 21 heavy (non-hydrogen) atoms. The molecular formula is C16H29N3O2. The molecule has 5 nitrogen and oxygen atoms in total. The van der Waals surface area contributed by atoms with Crippen LogP contribution < -0.4 is 5.73 Å². The average Bonchev–Trinajstić information content (AvgIpc) is 2.94. The predicted octanol–water partition coefficient (Wildman–Crippen LogP) is 2.05. The molecule has 1 aliphatic rings. The van der Waals surface area contributed by atoms with E-state index in [1.165, 1.54) is 32.1 Å². The van der Waals surface area contributed by atoms with Crippen molar-refractivity contribution in [2.45, 2.75) is 63.0 Å². The maximum Gasteiger partial charge on any atom is 0.0936 e. The van der Waals surface area contributed by atoms with E-state index in [1.54, 1.807) is 7.11 Å². The van der Waals surface area contributed by atoms with Crippen molar-refractivity contribution in [3.63, 3.8) is 0 Å². The van der Waals surface area contributed by atoms with Gasteiger partial charge in [0.25, 0.3) is 0 Å². The summed E-state index contributed by atoms with van der Waals surface area (Å²) in [6, 6.07) is 2.56. The Bertz CT molecular complexity index is 415. The summed E-state index contributed by atoms with van der Waals surface area (Å²) in [6.07, 6.45) is 10.4. The first-order chi connectivity index (χ1) is 10.2. The topological polar surface area (TPSA) is 73.3 Å². The van der Waals surface area contributed by atoms with E-state index in [1.807, 2.05) is 6.07 Å². The summed E-state index contributed by atoms with van der Waals surface area (Å²) in [5.74, 6) is 0. The van der Waals surface area contributed by atoms with Crippen molar-refractivity contribution >= 4 is 0 Å². The molecule has 3 N–H and O–H groups in total. The zero-order chi connectivity index (χ0) is 15.1. The third kappa shape index (κ3) is 4.80. The van der Waals surface area contributed by atoms with Crippen LogP contribution in [0.3, 0.4) is 0 Å². The predicted molar refractivity (Wildman–Crippen MR) is 83.2 cm³/mol. The minimum atomic E-state index is -0.861. The first kappa shape index (κ1) is 16.5. The van der Waals surface area contributed by atoms with Gasteiger partial charge in [-0.05, 0) is 38.3 Å². The molecule has 1 unspecified atom stereocenters. The van der Waals surface area contributed by atoms with E-state index in [-0.39, 0.29) is 0 Å². The van der Waals surface area contributed by atoms with Crippen molar-refractivity contribution in [3.05, 3.63) is 18.0 Å². The number of nitrogens with zero attached hydrogens (tertiary/aromatic N) is 2. The smallest absolute Gasteiger partial charge is 0.0936 e. The third-order valence-electron chi connectivity index (χ3n) is 4.38. The van der Waals surface area contributed by atoms with Gasteiger partial charge >= 0.3 is 0 Å². The minimum Gasteiger partial charge on any atom is -0.387 e. The fourth-order valence-corrected chi connectivity index (χ4v) is 3.27. The van der Waals surface area contributed by atoms with E-state index >= 15 is 0 Å². The molecule has 120 valence electrons. The molecule has 0 spiro atoms. The summed E-state index contributed by atoms with van der Waals surface area (Å²) in [5.41, 5.74) is 5.64. The normalized spacial score (nSPS) is 19.6. The maximum atomic E-state index is 10.7. The Morgan fingerprint density at radius 1 is 1.43 bits per heavy atom. The SMILES string of the molecule is COCC(O)(CCCN)Cc1ccn(C2CCCCC2)n1. The quantitative estimate of drug-likeness (QED) is 0.770. The highest BCUT2D eigenvalue weighted by Gasteiger charge is 2.28. The lowest BCUT2D eigenvalue weighted by Crippen LogP contribution is -2.37. The van der Waals surface area contributed by atoms with Gasteiger partial charge in [-0.2, -0.15) is 5.10 Å². The first-order valence-electron chi connectivity index (χ1n) is 8.12. The Balaban J connectivity index is 1.98. The van der Waals surface area contributed by atoms with Crippen LogP contribution in [0.2, 0.25) is 0 Å². The standard InChI is InChI=1S/C16H29N3O2/c1-21-13-16(20,9-5-10-17)12-14-8-11-19(18-14)15-6-3-2-4-7-15/h8,11,15,20H,2-7,9-10,12-13,17H2,1H3. The fourth-order valence-electron chi connectivity index (χ4n) is 3.27. The Morgan fingerprint density at radius 3 is 2.86 bits per heavy atom. The van der Waals surface area contributed by atoms with Crippen LogP contribution in [0, 0.1) is 0 Å². The Labute approximate surface area is 127 Å². The van der Waals surface area contributed by atoms with Crippen molar-refractivity contribution in [2.24, 2.45) is 5.73 Å². The van der Waals surface area contributed by atoms with Crippen LogP contribution in [0.25, 0.3) is 0 Å². The molecule has 0 radical (unpaired) electrons. The highest BCUT2D eigenvalue weighted by atomic mass is 16.5. The van der Waals surface area contributed by atoms with Crippen molar-refractivity contribution in [2.75, 3.05) is 20.3 Å². The molecule has 1 saturated carbocycles. The lowest BCUT2D eigenvalue weighted by Gasteiger charge is -2.26. The number of methoxy groups -OCH3 is 1. The number of hydrogen-bond donors (Lipinski definition) is 2. The molecule has 0 aromatic carbocycles. The lowest BCUT2D eigenvalue weighted by molar-refractivity contribution is -0.0382. The number of hydrogen-bond acceptors (Lipinski definition) is 4. The van der Waals surface area contributed by atoms with Gasteiger partial charge in [-0.3, -0.25) is 4.68 Å². The molecule has 1 heterocycles. The Hall–Kier alpha value is -0.910. The molecular weight excluding hydrogens is 266 g/mol. The molecule has 0 saturated heterocycles. The summed E-state index contributed by atoms with van der Waals surface area (Å²) in [4.78, 5) is 0. The minimum absolute atomic E-state index is 0.323. The van der Waals surface area contributed by atoms with E-state index in [4.69, 9.17) is 10.5 Å². The van der Waals surface area contributed by atoms with Crippen molar-refractivity contribution in [1.82, 2.24) is 9.78 Å². The molecule has 0 aliphatic heterocycles. The van der Waals surface area contributed by atoms with Crippen LogP contribution in [-0.4, -0.2) is 40.7 Å². The fraction of sp³-hybridized carbons (Fsp3) is 0.812. The van der Waals surface area contributed by atoms with Gasteiger partial charge in [-0.15, -0.1) is 0 Å². The zero-order valence-corrected chi connectivity index (χ0v) is 13.1. The van der Waals surface area contributed by atoms with Crippen molar-refractivity contribution in [1.29, 1.82) is 0 Å². The lowest BCUT2D eigenvalue weighted by atomic mass is 9.93. The van der Waals surface area contributed by atoms with Gasteiger partial charge < -0.3 is 15.6 Å². The average molecular weight is 295 g/mol. The zero-order valence-electron chi connectivity index (χ0n) is 13.1. The number of rotatable bonds is 8. The number of ether oxygens (including phenoxy) is 1. The molecule has 1 aromatic rings. The molecule has 2 rings (SSSR count). The molecule has 0 bridgehead atoms. The second-order valence-corrected chi connectivity index (χ2v) is 6.31. The second-order valence-electron chi connectivity index (χ2n) is 6.31. The molecule has 1 fully saturated rings. The highest BCUT2D eigenvalue weighted by molar-refractivity contribution is 5.05. The number of nitrogens with two attached hydrogens (primary N) is 1. The highest BCUT2D eigenvalue weighted by Crippen LogP contribution is 2.28. The van der Waals surface area contributed by atoms with Crippen molar-refractivity contribution in [3.8, 4) is 0 Å².